The van der Waals surface area contributed by atoms with Crippen LogP contribution in [0.5, 0.6) is 0 Å². The standard InChI is InChI=1S/C11H20ClNO/c1-2-6-11(14)13-8-5-3-4-7-10(13)9-12/h10H,2-9H2,1H3. The van der Waals surface area contributed by atoms with Gasteiger partial charge in [0.15, 0.2) is 0 Å². The van der Waals surface area contributed by atoms with Gasteiger partial charge in [-0.2, -0.15) is 0 Å². The Morgan fingerprint density at radius 1 is 1.43 bits per heavy atom. The molecule has 1 aliphatic heterocycles. The first-order valence-electron chi connectivity index (χ1n) is 5.65. The summed E-state index contributed by atoms with van der Waals surface area (Å²) in [6.45, 7) is 2.96. The molecule has 1 aliphatic rings. The highest BCUT2D eigenvalue weighted by Gasteiger charge is 2.23. The Bertz CT molecular complexity index is 184. The Hall–Kier alpha value is -0.240. The molecule has 1 saturated heterocycles. The monoisotopic (exact) mass is 217 g/mol. The summed E-state index contributed by atoms with van der Waals surface area (Å²) in [6.07, 6.45) is 6.29. The molecule has 0 radical (unpaired) electrons. The molecule has 1 unspecified atom stereocenters. The summed E-state index contributed by atoms with van der Waals surface area (Å²) in [6, 6.07) is 0.290. The van der Waals surface area contributed by atoms with Crippen LogP contribution in [0.3, 0.4) is 0 Å². The third kappa shape index (κ3) is 3.16. The first-order chi connectivity index (χ1) is 6.79. The Balaban J connectivity index is 2.55. The van der Waals surface area contributed by atoms with Crippen LogP contribution in [0.15, 0.2) is 0 Å². The van der Waals surface area contributed by atoms with Gasteiger partial charge in [-0.05, 0) is 19.3 Å². The molecule has 0 spiro atoms. The number of nitrogens with zero attached hydrogens (tertiary/aromatic N) is 1. The van der Waals surface area contributed by atoms with Crippen molar-refractivity contribution in [3.63, 3.8) is 0 Å². The smallest absolute Gasteiger partial charge is 0.222 e. The zero-order chi connectivity index (χ0) is 10.4. The molecule has 1 rings (SSSR count). The Morgan fingerprint density at radius 2 is 2.21 bits per heavy atom. The second-order valence-electron chi connectivity index (χ2n) is 3.99. The normalized spacial score (nSPS) is 23.3. The van der Waals surface area contributed by atoms with Crippen LogP contribution in [0, 0.1) is 0 Å². The van der Waals surface area contributed by atoms with E-state index in [-0.39, 0.29) is 0 Å². The van der Waals surface area contributed by atoms with E-state index in [1.54, 1.807) is 0 Å². The van der Waals surface area contributed by atoms with Crippen LogP contribution in [-0.4, -0.2) is 29.3 Å². The van der Waals surface area contributed by atoms with Gasteiger partial charge in [-0.3, -0.25) is 4.79 Å². The highest BCUT2D eigenvalue weighted by molar-refractivity contribution is 6.18. The summed E-state index contributed by atoms with van der Waals surface area (Å²) < 4.78 is 0. The summed E-state index contributed by atoms with van der Waals surface area (Å²) in [5.74, 6) is 0.884. The van der Waals surface area contributed by atoms with Crippen LogP contribution >= 0.6 is 11.6 Å². The van der Waals surface area contributed by atoms with Crippen molar-refractivity contribution >= 4 is 17.5 Å². The highest BCUT2D eigenvalue weighted by atomic mass is 35.5. The van der Waals surface area contributed by atoms with Crippen molar-refractivity contribution in [3.05, 3.63) is 0 Å². The largest absolute Gasteiger partial charge is 0.339 e. The van der Waals surface area contributed by atoms with Gasteiger partial charge in [0.05, 0.1) is 0 Å². The summed E-state index contributed by atoms with van der Waals surface area (Å²) >= 11 is 5.90. The van der Waals surface area contributed by atoms with E-state index >= 15 is 0 Å². The molecule has 82 valence electrons. The molecule has 0 aliphatic carbocycles. The van der Waals surface area contributed by atoms with E-state index in [0.717, 1.165) is 25.8 Å². The van der Waals surface area contributed by atoms with Gasteiger partial charge in [0.25, 0.3) is 0 Å². The molecule has 2 nitrogen and oxygen atoms in total. The predicted molar refractivity (Wildman–Crippen MR) is 59.6 cm³/mol. The van der Waals surface area contributed by atoms with Gasteiger partial charge in [0, 0.05) is 24.9 Å². The maximum Gasteiger partial charge on any atom is 0.222 e. The van der Waals surface area contributed by atoms with Gasteiger partial charge >= 0.3 is 0 Å². The molecule has 0 aromatic rings. The lowest BCUT2D eigenvalue weighted by molar-refractivity contribution is -0.133. The highest BCUT2D eigenvalue weighted by Crippen LogP contribution is 2.18. The van der Waals surface area contributed by atoms with Gasteiger partial charge in [-0.25, -0.2) is 0 Å². The number of halogens is 1. The molecule has 14 heavy (non-hydrogen) atoms. The number of likely N-dealkylation sites (tertiary alicyclic amines) is 1. The lowest BCUT2D eigenvalue weighted by Crippen LogP contribution is -2.40. The van der Waals surface area contributed by atoms with Crippen LogP contribution in [0.25, 0.3) is 0 Å². The third-order valence-corrected chi connectivity index (χ3v) is 3.20. The number of hydrogen-bond donors (Lipinski definition) is 0. The van der Waals surface area contributed by atoms with Crippen molar-refractivity contribution in [3.8, 4) is 0 Å². The van der Waals surface area contributed by atoms with Crippen molar-refractivity contribution in [1.82, 2.24) is 4.90 Å². The molecule has 0 aromatic heterocycles. The number of hydrogen-bond acceptors (Lipinski definition) is 1. The zero-order valence-electron chi connectivity index (χ0n) is 8.97. The van der Waals surface area contributed by atoms with Gasteiger partial charge < -0.3 is 4.90 Å². The number of rotatable bonds is 3. The predicted octanol–water partition coefficient (Wildman–Crippen LogP) is 2.80. The lowest BCUT2D eigenvalue weighted by Gasteiger charge is -2.28. The Labute approximate surface area is 91.6 Å². The average Bonchev–Trinajstić information content (AvgIpc) is 2.42. The fourth-order valence-electron chi connectivity index (χ4n) is 2.02. The maximum atomic E-state index is 11.8. The fourth-order valence-corrected chi connectivity index (χ4v) is 2.34. The molecule has 0 aromatic carbocycles. The quantitative estimate of drug-likeness (QED) is 0.666. The minimum atomic E-state index is 0.290. The van der Waals surface area contributed by atoms with Crippen molar-refractivity contribution in [2.45, 2.75) is 51.5 Å². The molecule has 0 N–H and O–H groups in total. The van der Waals surface area contributed by atoms with Crippen molar-refractivity contribution in [2.24, 2.45) is 0 Å². The van der Waals surface area contributed by atoms with E-state index in [1.807, 2.05) is 11.8 Å². The molecule has 0 bridgehead atoms. The van der Waals surface area contributed by atoms with Crippen molar-refractivity contribution in [1.29, 1.82) is 0 Å². The molecule has 0 saturated carbocycles. The van der Waals surface area contributed by atoms with Crippen LogP contribution in [0.4, 0.5) is 0 Å². The maximum absolute atomic E-state index is 11.8. The van der Waals surface area contributed by atoms with Crippen LogP contribution in [0.2, 0.25) is 0 Å². The molecular formula is C11H20ClNO. The third-order valence-electron chi connectivity index (χ3n) is 2.84. The van der Waals surface area contributed by atoms with Crippen LogP contribution < -0.4 is 0 Å². The van der Waals surface area contributed by atoms with E-state index in [4.69, 9.17) is 11.6 Å². The average molecular weight is 218 g/mol. The number of amides is 1. The van der Waals surface area contributed by atoms with E-state index in [1.165, 1.54) is 12.8 Å². The number of carbonyl (C=O) groups excluding carboxylic acids is 1. The molecular weight excluding hydrogens is 198 g/mol. The van der Waals surface area contributed by atoms with Crippen LogP contribution in [-0.2, 0) is 4.79 Å². The van der Waals surface area contributed by atoms with E-state index in [0.29, 0.717) is 24.2 Å². The van der Waals surface area contributed by atoms with E-state index < -0.39 is 0 Å². The van der Waals surface area contributed by atoms with E-state index in [9.17, 15) is 4.79 Å². The Morgan fingerprint density at radius 3 is 2.86 bits per heavy atom. The Kier molecular flexibility index (Phi) is 5.31. The second-order valence-corrected chi connectivity index (χ2v) is 4.30. The van der Waals surface area contributed by atoms with Gasteiger partial charge in [-0.1, -0.05) is 19.8 Å². The lowest BCUT2D eigenvalue weighted by atomic mass is 10.1. The number of carbonyl (C=O) groups is 1. The summed E-state index contributed by atoms with van der Waals surface area (Å²) in [5, 5.41) is 0. The van der Waals surface area contributed by atoms with Crippen molar-refractivity contribution < 1.29 is 4.79 Å². The van der Waals surface area contributed by atoms with E-state index in [2.05, 4.69) is 0 Å². The topological polar surface area (TPSA) is 20.3 Å². The molecule has 1 fully saturated rings. The SMILES string of the molecule is CCCC(=O)N1CCCCCC1CCl. The first-order valence-corrected chi connectivity index (χ1v) is 6.18. The first kappa shape index (κ1) is 11.8. The molecule has 3 heteroatoms. The second kappa shape index (κ2) is 6.28. The van der Waals surface area contributed by atoms with Gasteiger partial charge in [0.1, 0.15) is 0 Å². The molecule has 1 heterocycles. The summed E-state index contributed by atoms with van der Waals surface area (Å²) in [5.41, 5.74) is 0. The summed E-state index contributed by atoms with van der Waals surface area (Å²) in [4.78, 5) is 13.8. The summed E-state index contributed by atoms with van der Waals surface area (Å²) in [7, 11) is 0. The minimum absolute atomic E-state index is 0.290. The van der Waals surface area contributed by atoms with Crippen molar-refractivity contribution in [2.75, 3.05) is 12.4 Å². The van der Waals surface area contributed by atoms with Gasteiger partial charge in [-0.15, -0.1) is 11.6 Å². The van der Waals surface area contributed by atoms with Crippen LogP contribution in [0.1, 0.15) is 45.4 Å². The molecule has 1 amide bonds. The minimum Gasteiger partial charge on any atom is -0.339 e. The number of alkyl halides is 1. The zero-order valence-corrected chi connectivity index (χ0v) is 9.72. The molecule has 1 atom stereocenters. The van der Waals surface area contributed by atoms with Gasteiger partial charge in [0.2, 0.25) is 5.91 Å². The fraction of sp³-hybridized carbons (Fsp3) is 0.909.